The average molecular weight is 259 g/mol. The van der Waals surface area contributed by atoms with E-state index >= 15 is 0 Å². The molecule has 0 aliphatic carbocycles. The maximum Gasteiger partial charge on any atom is 0.303 e. The summed E-state index contributed by atoms with van der Waals surface area (Å²) in [6, 6.07) is 0. The van der Waals surface area contributed by atoms with E-state index in [9.17, 15) is 14.4 Å². The van der Waals surface area contributed by atoms with Crippen molar-refractivity contribution in [2.45, 2.75) is 25.7 Å². The number of nitrogens with one attached hydrogen (secondary N) is 1. The topological polar surface area (TPSA) is 138 Å². The van der Waals surface area contributed by atoms with Crippen molar-refractivity contribution in [1.82, 2.24) is 9.78 Å². The molecule has 1 heterocycles. The molecular weight excluding hydrogens is 242 g/mol. The molecule has 0 aromatic carbocycles. The van der Waals surface area contributed by atoms with Gasteiger partial charge in [-0.2, -0.15) is 0 Å². The van der Waals surface area contributed by atoms with Crippen molar-refractivity contribution < 1.29 is 24.6 Å². The number of aromatic amines is 1. The fourth-order valence-electron chi connectivity index (χ4n) is 1.05. The Balaban J connectivity index is 0.000000331. The highest BCUT2D eigenvalue weighted by Crippen LogP contribution is 1.99. The molecule has 0 saturated carbocycles. The SMILES string of the molecule is Cn1cc(CCC(=O)O)[nH]1.NC(=O)CCC(=O)O. The Morgan fingerprint density at radius 1 is 1.22 bits per heavy atom. The van der Waals surface area contributed by atoms with E-state index in [1.807, 2.05) is 13.2 Å². The van der Waals surface area contributed by atoms with Crippen molar-refractivity contribution in [3.8, 4) is 0 Å². The third-order valence-electron chi connectivity index (χ3n) is 1.86. The van der Waals surface area contributed by atoms with Gasteiger partial charge in [-0.05, 0) is 0 Å². The van der Waals surface area contributed by atoms with Crippen molar-refractivity contribution in [1.29, 1.82) is 0 Å². The third-order valence-corrected chi connectivity index (χ3v) is 1.86. The molecule has 0 aliphatic rings. The van der Waals surface area contributed by atoms with Crippen LogP contribution in [0.1, 0.15) is 25.0 Å². The number of carbonyl (C=O) groups is 3. The summed E-state index contributed by atoms with van der Waals surface area (Å²) in [5.74, 6) is -2.33. The van der Waals surface area contributed by atoms with Gasteiger partial charge in [0.15, 0.2) is 0 Å². The van der Waals surface area contributed by atoms with E-state index < -0.39 is 17.8 Å². The van der Waals surface area contributed by atoms with E-state index in [2.05, 4.69) is 10.8 Å². The van der Waals surface area contributed by atoms with Gasteiger partial charge in [0.05, 0.1) is 12.8 Å². The minimum Gasteiger partial charge on any atom is -0.481 e. The van der Waals surface area contributed by atoms with Gasteiger partial charge in [0.25, 0.3) is 0 Å². The van der Waals surface area contributed by atoms with Crippen LogP contribution in [0.25, 0.3) is 0 Å². The van der Waals surface area contributed by atoms with Gasteiger partial charge in [0.2, 0.25) is 5.91 Å². The lowest BCUT2D eigenvalue weighted by atomic mass is 10.2. The fraction of sp³-hybridized carbons (Fsp3) is 0.500. The third kappa shape index (κ3) is 9.01. The Morgan fingerprint density at radius 2 is 1.72 bits per heavy atom. The zero-order valence-electron chi connectivity index (χ0n) is 10.0. The molecule has 0 spiro atoms. The van der Waals surface area contributed by atoms with Crippen LogP contribution in [-0.2, 0) is 27.9 Å². The van der Waals surface area contributed by atoms with Crippen LogP contribution in [0.4, 0.5) is 0 Å². The smallest absolute Gasteiger partial charge is 0.303 e. The van der Waals surface area contributed by atoms with Gasteiger partial charge in [-0.1, -0.05) is 0 Å². The number of primary amides is 1. The number of carbonyl (C=O) groups excluding carboxylic acids is 1. The van der Waals surface area contributed by atoms with Crippen molar-refractivity contribution in [3.63, 3.8) is 0 Å². The Bertz CT molecular complexity index is 381. The van der Waals surface area contributed by atoms with Crippen LogP contribution in [-0.4, -0.2) is 37.8 Å². The van der Waals surface area contributed by atoms with E-state index in [4.69, 9.17) is 10.2 Å². The molecule has 1 rings (SSSR count). The zero-order valence-corrected chi connectivity index (χ0v) is 10.0. The number of rotatable bonds is 6. The van der Waals surface area contributed by atoms with Gasteiger partial charge in [-0.25, -0.2) is 0 Å². The van der Waals surface area contributed by atoms with Crippen molar-refractivity contribution in [3.05, 3.63) is 11.9 Å². The number of aromatic nitrogens is 2. The van der Waals surface area contributed by atoms with Gasteiger partial charge in [-0.15, -0.1) is 0 Å². The molecule has 102 valence electrons. The van der Waals surface area contributed by atoms with E-state index in [1.54, 1.807) is 4.68 Å². The predicted molar refractivity (Wildman–Crippen MR) is 61.8 cm³/mol. The van der Waals surface area contributed by atoms with Crippen LogP contribution in [0.3, 0.4) is 0 Å². The van der Waals surface area contributed by atoms with E-state index in [0.29, 0.717) is 6.42 Å². The number of carboxylic acid groups (broad SMARTS) is 2. The van der Waals surface area contributed by atoms with Crippen LogP contribution in [0.5, 0.6) is 0 Å². The minimum atomic E-state index is -0.996. The largest absolute Gasteiger partial charge is 0.481 e. The van der Waals surface area contributed by atoms with Gasteiger partial charge < -0.3 is 21.0 Å². The molecule has 0 bridgehead atoms. The predicted octanol–water partition coefficient (Wildman–Crippen LogP) is -0.293. The summed E-state index contributed by atoms with van der Waals surface area (Å²) < 4.78 is 1.79. The summed E-state index contributed by atoms with van der Waals surface area (Å²) in [6.45, 7) is 0. The Hall–Kier alpha value is -2.25. The molecule has 1 amide bonds. The molecule has 8 heteroatoms. The maximum absolute atomic E-state index is 10.1. The number of H-pyrrole nitrogens is 1. The molecule has 0 atom stereocenters. The Labute approximate surface area is 103 Å². The van der Waals surface area contributed by atoms with Crippen LogP contribution in [0.15, 0.2) is 6.20 Å². The first kappa shape index (κ1) is 15.8. The van der Waals surface area contributed by atoms with E-state index in [1.165, 1.54) is 0 Å². The number of nitrogens with zero attached hydrogens (tertiary/aromatic N) is 1. The summed E-state index contributed by atoms with van der Waals surface area (Å²) in [5.41, 5.74) is 5.63. The zero-order chi connectivity index (χ0) is 14.1. The highest BCUT2D eigenvalue weighted by Gasteiger charge is 2.01. The van der Waals surface area contributed by atoms with Crippen LogP contribution in [0.2, 0.25) is 0 Å². The van der Waals surface area contributed by atoms with Crippen LogP contribution in [0, 0.1) is 0 Å². The molecule has 5 N–H and O–H groups in total. The van der Waals surface area contributed by atoms with Gasteiger partial charge in [0.1, 0.15) is 0 Å². The highest BCUT2D eigenvalue weighted by molar-refractivity contribution is 5.79. The second-order valence-electron chi connectivity index (χ2n) is 3.63. The van der Waals surface area contributed by atoms with E-state index in [-0.39, 0.29) is 19.3 Å². The molecule has 1 aromatic heterocycles. The molecule has 0 radical (unpaired) electrons. The molecule has 0 saturated heterocycles. The minimum absolute atomic E-state index is 0.0741. The first-order valence-electron chi connectivity index (χ1n) is 5.23. The van der Waals surface area contributed by atoms with Crippen LogP contribution >= 0.6 is 0 Å². The van der Waals surface area contributed by atoms with Crippen molar-refractivity contribution in [2.24, 2.45) is 12.8 Å². The lowest BCUT2D eigenvalue weighted by molar-refractivity contribution is -0.138. The first-order chi connectivity index (χ1) is 8.31. The van der Waals surface area contributed by atoms with Crippen molar-refractivity contribution >= 4 is 17.8 Å². The summed E-state index contributed by atoms with van der Waals surface area (Å²) in [4.78, 5) is 29.6. The van der Waals surface area contributed by atoms with Gasteiger partial charge in [-0.3, -0.25) is 19.1 Å². The Morgan fingerprint density at radius 3 is 2.00 bits per heavy atom. The second-order valence-corrected chi connectivity index (χ2v) is 3.63. The first-order valence-corrected chi connectivity index (χ1v) is 5.23. The number of carboxylic acids is 2. The van der Waals surface area contributed by atoms with Crippen LogP contribution < -0.4 is 5.73 Å². The number of aliphatic carboxylic acids is 2. The molecule has 1 aromatic rings. The molecular formula is C10H17N3O5. The summed E-state index contributed by atoms with van der Waals surface area (Å²) >= 11 is 0. The number of amides is 1. The summed E-state index contributed by atoms with van der Waals surface area (Å²) in [7, 11) is 1.87. The summed E-state index contributed by atoms with van der Waals surface area (Å²) in [6.07, 6.45) is 2.43. The number of nitrogens with two attached hydrogens (primary N) is 1. The maximum atomic E-state index is 10.1. The normalized spacial score (nSPS) is 9.39. The average Bonchev–Trinajstić information content (AvgIpc) is 2.20. The van der Waals surface area contributed by atoms with E-state index in [0.717, 1.165) is 5.69 Å². The van der Waals surface area contributed by atoms with Gasteiger partial charge in [0, 0.05) is 31.8 Å². The van der Waals surface area contributed by atoms with Crippen molar-refractivity contribution in [2.75, 3.05) is 0 Å². The molecule has 0 aliphatic heterocycles. The summed E-state index contributed by atoms with van der Waals surface area (Å²) in [5, 5.41) is 19.2. The Kier molecular flexibility index (Phi) is 6.94. The number of hydrogen-bond acceptors (Lipinski definition) is 3. The fourth-order valence-corrected chi connectivity index (χ4v) is 1.05. The lowest BCUT2D eigenvalue weighted by Gasteiger charge is -2.09. The molecule has 0 unspecified atom stereocenters. The molecule has 8 nitrogen and oxygen atoms in total. The number of hydrogen-bond donors (Lipinski definition) is 4. The lowest BCUT2D eigenvalue weighted by Crippen LogP contribution is -2.12. The monoisotopic (exact) mass is 259 g/mol. The second kappa shape index (κ2) is 7.93. The number of aryl methyl sites for hydroxylation is 2. The molecule has 0 fully saturated rings. The quantitative estimate of drug-likeness (QED) is 0.555. The van der Waals surface area contributed by atoms with Gasteiger partial charge >= 0.3 is 11.9 Å². The highest BCUT2D eigenvalue weighted by atomic mass is 16.4. The standard InChI is InChI=1S/C6H10N2O2.C4H7NO3/c1-8-4-5(7-8)2-3-6(9)10;5-3(6)1-2-4(7)8/h4,7H,2-3H2,1H3,(H,9,10);1-2H2,(H2,5,6)(H,7,8). The molecule has 18 heavy (non-hydrogen) atoms.